The zero-order valence-corrected chi connectivity index (χ0v) is 14.9. The smallest absolute Gasteiger partial charge is 0.497 e. The Morgan fingerprint density at radius 2 is 1.81 bits per heavy atom. The minimum absolute atomic E-state index is 0.0907. The molecular formula is C17H17F3N2O3S. The van der Waals surface area contributed by atoms with Gasteiger partial charge in [0.2, 0.25) is 0 Å². The summed E-state index contributed by atoms with van der Waals surface area (Å²) in [7, 11) is -3.91. The maximum absolute atomic E-state index is 12.8. The Balaban J connectivity index is 2.44. The van der Waals surface area contributed by atoms with Gasteiger partial charge in [-0.3, -0.25) is 4.99 Å². The van der Waals surface area contributed by atoms with E-state index in [2.05, 4.69) is 10.3 Å². The second-order valence-corrected chi connectivity index (χ2v) is 7.13. The van der Waals surface area contributed by atoms with E-state index >= 15 is 0 Å². The van der Waals surface area contributed by atoms with Crippen molar-refractivity contribution < 1.29 is 26.3 Å². The summed E-state index contributed by atoms with van der Waals surface area (Å²) in [5.74, 6) is 0.647. The first-order chi connectivity index (χ1) is 12.2. The van der Waals surface area contributed by atoms with Crippen LogP contribution in [-0.4, -0.2) is 33.8 Å². The van der Waals surface area contributed by atoms with Gasteiger partial charge in [-0.1, -0.05) is 0 Å². The van der Waals surface area contributed by atoms with Crippen LogP contribution in [0.4, 0.5) is 24.5 Å². The Labute approximate surface area is 149 Å². The molecule has 0 aromatic heterocycles. The molecule has 0 unspecified atom stereocenters. The Hall–Kier alpha value is -2.55. The van der Waals surface area contributed by atoms with E-state index < -0.39 is 20.2 Å². The number of alkyl halides is 3. The van der Waals surface area contributed by atoms with Crippen LogP contribution in [0.25, 0.3) is 0 Å². The van der Waals surface area contributed by atoms with Crippen LogP contribution in [0.15, 0.2) is 52.4 Å². The van der Waals surface area contributed by atoms with Crippen molar-refractivity contribution in [3.8, 4) is 5.75 Å². The Morgan fingerprint density at radius 1 is 1.15 bits per heavy atom. The van der Waals surface area contributed by atoms with Crippen LogP contribution in [-0.2, 0) is 9.84 Å². The molecule has 9 heteroatoms. The Bertz CT molecular complexity index is 892. The van der Waals surface area contributed by atoms with E-state index in [4.69, 9.17) is 4.74 Å². The number of benzene rings is 2. The SMILES string of the molecule is CCNc1ccc(S(=O)(=O)C(F)(F)F)cc1N=Cc1ccc(OC)cc1. The van der Waals surface area contributed by atoms with Gasteiger partial charge in [0.25, 0.3) is 9.84 Å². The number of halogens is 3. The van der Waals surface area contributed by atoms with Crippen LogP contribution in [0.2, 0.25) is 0 Å². The summed E-state index contributed by atoms with van der Waals surface area (Å²) in [6.07, 6.45) is 1.43. The van der Waals surface area contributed by atoms with Gasteiger partial charge in [0, 0.05) is 12.8 Å². The van der Waals surface area contributed by atoms with E-state index in [1.54, 1.807) is 31.2 Å². The van der Waals surface area contributed by atoms with Gasteiger partial charge in [-0.25, -0.2) is 8.42 Å². The van der Waals surface area contributed by atoms with Crippen molar-refractivity contribution >= 4 is 27.4 Å². The van der Waals surface area contributed by atoms with Gasteiger partial charge in [-0.05, 0) is 55.0 Å². The van der Waals surface area contributed by atoms with E-state index in [1.807, 2.05) is 0 Å². The molecule has 0 atom stereocenters. The lowest BCUT2D eigenvalue weighted by molar-refractivity contribution is -0.0435. The second kappa shape index (κ2) is 7.77. The van der Waals surface area contributed by atoms with Gasteiger partial charge < -0.3 is 10.1 Å². The van der Waals surface area contributed by atoms with E-state index in [1.165, 1.54) is 19.4 Å². The van der Waals surface area contributed by atoms with Crippen molar-refractivity contribution in [3.63, 3.8) is 0 Å². The third-order valence-electron chi connectivity index (χ3n) is 3.42. The summed E-state index contributed by atoms with van der Waals surface area (Å²) in [6.45, 7) is 2.30. The monoisotopic (exact) mass is 386 g/mol. The molecule has 2 aromatic rings. The molecule has 0 aliphatic carbocycles. The summed E-state index contributed by atoms with van der Waals surface area (Å²) in [6, 6.07) is 9.92. The second-order valence-electron chi connectivity index (χ2n) is 5.19. The standard InChI is InChI=1S/C17H17F3N2O3S/c1-3-21-15-9-8-14(26(23,24)17(18,19)20)10-16(15)22-11-12-4-6-13(25-2)7-5-12/h4-11,21H,3H2,1-2H3. The van der Waals surface area contributed by atoms with Crippen molar-refractivity contribution in [1.82, 2.24) is 0 Å². The molecule has 0 aliphatic rings. The predicted molar refractivity (Wildman–Crippen MR) is 94.1 cm³/mol. The van der Waals surface area contributed by atoms with E-state index in [0.717, 1.165) is 12.1 Å². The van der Waals surface area contributed by atoms with Gasteiger partial charge in [0.05, 0.1) is 23.4 Å². The molecule has 0 bridgehead atoms. The molecule has 0 saturated carbocycles. The van der Waals surface area contributed by atoms with Crippen molar-refractivity contribution in [2.45, 2.75) is 17.3 Å². The molecule has 26 heavy (non-hydrogen) atoms. The van der Waals surface area contributed by atoms with E-state index in [-0.39, 0.29) is 5.69 Å². The number of hydrogen-bond donors (Lipinski definition) is 1. The molecule has 0 aliphatic heterocycles. The molecule has 0 heterocycles. The number of hydrogen-bond acceptors (Lipinski definition) is 5. The average molecular weight is 386 g/mol. The van der Waals surface area contributed by atoms with Crippen LogP contribution < -0.4 is 10.1 Å². The first-order valence-corrected chi connectivity index (χ1v) is 9.04. The molecule has 0 saturated heterocycles. The van der Waals surface area contributed by atoms with Gasteiger partial charge in [0.15, 0.2) is 0 Å². The maximum atomic E-state index is 12.8. The van der Waals surface area contributed by atoms with Crippen LogP contribution in [0, 0.1) is 0 Å². The predicted octanol–water partition coefficient (Wildman–Crippen LogP) is 4.17. The van der Waals surface area contributed by atoms with Crippen molar-refractivity contribution in [2.24, 2.45) is 4.99 Å². The fourth-order valence-corrected chi connectivity index (χ4v) is 2.87. The zero-order valence-electron chi connectivity index (χ0n) is 14.0. The number of nitrogens with one attached hydrogen (secondary N) is 1. The molecular weight excluding hydrogens is 369 g/mol. The molecule has 0 amide bonds. The molecule has 5 nitrogen and oxygen atoms in total. The minimum Gasteiger partial charge on any atom is -0.497 e. The molecule has 0 spiro atoms. The number of nitrogens with zero attached hydrogens (tertiary/aromatic N) is 1. The van der Waals surface area contributed by atoms with Crippen LogP contribution in [0.3, 0.4) is 0 Å². The van der Waals surface area contributed by atoms with Gasteiger partial charge in [0.1, 0.15) is 5.75 Å². The van der Waals surface area contributed by atoms with Crippen LogP contribution in [0.5, 0.6) is 5.75 Å². The highest BCUT2D eigenvalue weighted by Crippen LogP contribution is 2.35. The molecule has 0 radical (unpaired) electrons. The first kappa shape index (κ1) is 19.8. The third-order valence-corrected chi connectivity index (χ3v) is 4.90. The zero-order chi connectivity index (χ0) is 19.4. The van der Waals surface area contributed by atoms with Crippen LogP contribution >= 0.6 is 0 Å². The largest absolute Gasteiger partial charge is 0.501 e. The summed E-state index contributed by atoms with van der Waals surface area (Å²) in [5, 5.41) is 2.94. The fourth-order valence-electron chi connectivity index (χ4n) is 2.09. The van der Waals surface area contributed by atoms with E-state index in [9.17, 15) is 21.6 Å². The fraction of sp³-hybridized carbons (Fsp3) is 0.235. The lowest BCUT2D eigenvalue weighted by Crippen LogP contribution is -2.23. The maximum Gasteiger partial charge on any atom is 0.501 e. The van der Waals surface area contributed by atoms with Crippen molar-refractivity contribution in [3.05, 3.63) is 48.0 Å². The number of methoxy groups -OCH3 is 1. The van der Waals surface area contributed by atoms with Gasteiger partial charge in [-0.2, -0.15) is 13.2 Å². The lowest BCUT2D eigenvalue weighted by atomic mass is 10.2. The normalized spacial score (nSPS) is 12.3. The molecule has 140 valence electrons. The number of anilines is 1. The van der Waals surface area contributed by atoms with Gasteiger partial charge >= 0.3 is 5.51 Å². The number of ether oxygens (including phenoxy) is 1. The molecule has 2 aromatic carbocycles. The number of sulfone groups is 1. The molecule has 1 N–H and O–H groups in total. The average Bonchev–Trinajstić information content (AvgIpc) is 2.60. The van der Waals surface area contributed by atoms with Gasteiger partial charge in [-0.15, -0.1) is 0 Å². The highest BCUT2D eigenvalue weighted by Gasteiger charge is 2.47. The quantitative estimate of drug-likeness (QED) is 0.757. The van der Waals surface area contributed by atoms with Crippen molar-refractivity contribution in [2.75, 3.05) is 19.0 Å². The summed E-state index contributed by atoms with van der Waals surface area (Å²) in [4.78, 5) is 3.29. The highest BCUT2D eigenvalue weighted by molar-refractivity contribution is 7.92. The summed E-state index contributed by atoms with van der Waals surface area (Å²) in [5.41, 5.74) is -4.17. The molecule has 2 rings (SSSR count). The minimum atomic E-state index is -5.44. The topological polar surface area (TPSA) is 67.8 Å². The summed E-state index contributed by atoms with van der Waals surface area (Å²) >= 11 is 0. The molecule has 0 fully saturated rings. The first-order valence-electron chi connectivity index (χ1n) is 7.56. The van der Waals surface area contributed by atoms with E-state index in [0.29, 0.717) is 23.5 Å². The highest BCUT2D eigenvalue weighted by atomic mass is 32.2. The third kappa shape index (κ3) is 4.34. The Morgan fingerprint density at radius 3 is 2.35 bits per heavy atom. The number of aliphatic imine (C=N–C) groups is 1. The summed E-state index contributed by atoms with van der Waals surface area (Å²) < 4.78 is 66.6. The van der Waals surface area contributed by atoms with Crippen molar-refractivity contribution in [1.29, 1.82) is 0 Å². The lowest BCUT2D eigenvalue weighted by Gasteiger charge is -2.12. The Kier molecular flexibility index (Phi) is 5.91. The van der Waals surface area contributed by atoms with Crippen LogP contribution in [0.1, 0.15) is 12.5 Å². The number of rotatable bonds is 6.